The number of ether oxygens (including phenoxy) is 2. The highest BCUT2D eigenvalue weighted by Crippen LogP contribution is 2.89. The van der Waals surface area contributed by atoms with E-state index in [0.717, 1.165) is 51.6 Å². The minimum absolute atomic E-state index is 0.0269. The number of rotatable bonds is 3. The molecule has 40 heavy (non-hydrogen) atoms. The Balaban J connectivity index is 1.18. The molecule has 1 amide bonds. The maximum atomic E-state index is 12.8. The monoisotopic (exact) mass is 557 g/mol. The molecular weight excluding hydrogens is 502 g/mol. The van der Waals surface area contributed by atoms with Crippen molar-refractivity contribution < 1.29 is 24.5 Å². The summed E-state index contributed by atoms with van der Waals surface area (Å²) in [6.07, 6.45) is 8.46. The van der Waals surface area contributed by atoms with Gasteiger partial charge in [0.1, 0.15) is 6.10 Å². The van der Waals surface area contributed by atoms with E-state index >= 15 is 0 Å². The standard InChI is InChI=1S/C34H55NO5/c1-19(2)26(40-29(38)35-15-8-16-35)21-17-20(3)25-27(39-21)28(37)32(7)23-10-9-22-30(4,5)24(36)11-12-33(22)18-34(23,33)14-13-31(25,32)6/h19-28,36-37H,8-18H2,1-7H3/t20-,21?,22?,23?,24?,25+,26?,27?,28+,31?,32-,33?,34?/m1/s1. The molecule has 2 heterocycles. The van der Waals surface area contributed by atoms with Gasteiger partial charge in [0.05, 0.1) is 24.4 Å². The van der Waals surface area contributed by atoms with Crippen LogP contribution in [0.4, 0.5) is 4.79 Å². The van der Waals surface area contributed by atoms with Crippen LogP contribution in [0.15, 0.2) is 0 Å². The van der Waals surface area contributed by atoms with E-state index in [1.54, 1.807) is 4.90 Å². The first-order valence-electron chi connectivity index (χ1n) is 16.7. The van der Waals surface area contributed by atoms with Gasteiger partial charge in [0.15, 0.2) is 0 Å². The van der Waals surface area contributed by atoms with Crippen molar-refractivity contribution in [1.29, 1.82) is 0 Å². The summed E-state index contributed by atoms with van der Waals surface area (Å²) < 4.78 is 13.1. The van der Waals surface area contributed by atoms with E-state index < -0.39 is 6.10 Å². The zero-order chi connectivity index (χ0) is 28.6. The Bertz CT molecular complexity index is 1060. The van der Waals surface area contributed by atoms with E-state index in [4.69, 9.17) is 9.47 Å². The lowest BCUT2D eigenvalue weighted by molar-refractivity contribution is -0.185. The second-order valence-electron chi connectivity index (χ2n) is 17.0. The highest BCUT2D eigenvalue weighted by Gasteiger charge is 2.84. The van der Waals surface area contributed by atoms with Crippen LogP contribution in [-0.2, 0) is 9.47 Å². The van der Waals surface area contributed by atoms with Crippen LogP contribution in [0.2, 0.25) is 0 Å². The average molecular weight is 558 g/mol. The van der Waals surface area contributed by atoms with Gasteiger partial charge in [-0.05, 0) is 109 Å². The molecule has 9 unspecified atom stereocenters. The molecule has 7 aliphatic rings. The highest BCUT2D eigenvalue weighted by atomic mass is 16.6. The number of hydrogen-bond donors (Lipinski definition) is 2. The first-order chi connectivity index (χ1) is 18.7. The van der Waals surface area contributed by atoms with Gasteiger partial charge in [-0.2, -0.15) is 0 Å². The van der Waals surface area contributed by atoms with Crippen LogP contribution in [-0.4, -0.2) is 64.8 Å². The molecule has 7 rings (SSSR count). The van der Waals surface area contributed by atoms with Crippen LogP contribution >= 0.6 is 0 Å². The van der Waals surface area contributed by atoms with Crippen LogP contribution < -0.4 is 0 Å². The summed E-state index contributed by atoms with van der Waals surface area (Å²) in [5.74, 6) is 1.96. The van der Waals surface area contributed by atoms with Crippen LogP contribution in [0.25, 0.3) is 0 Å². The van der Waals surface area contributed by atoms with Gasteiger partial charge in [-0.15, -0.1) is 0 Å². The van der Waals surface area contributed by atoms with Crippen molar-refractivity contribution in [3.8, 4) is 0 Å². The fourth-order valence-corrected chi connectivity index (χ4v) is 12.9. The summed E-state index contributed by atoms with van der Waals surface area (Å²) in [6.45, 7) is 17.8. The fourth-order valence-electron chi connectivity index (χ4n) is 12.9. The number of aliphatic hydroxyl groups excluding tert-OH is 2. The molecule has 2 saturated heterocycles. The predicted molar refractivity (Wildman–Crippen MR) is 153 cm³/mol. The molecule has 2 spiro atoms. The van der Waals surface area contributed by atoms with Gasteiger partial charge in [-0.1, -0.05) is 48.5 Å². The third kappa shape index (κ3) is 3.20. The third-order valence-corrected chi connectivity index (χ3v) is 15.2. The second kappa shape index (κ2) is 8.62. The molecule has 7 fully saturated rings. The summed E-state index contributed by atoms with van der Waals surface area (Å²) in [7, 11) is 0. The van der Waals surface area contributed by atoms with Crippen molar-refractivity contribution in [2.45, 2.75) is 137 Å². The summed E-state index contributed by atoms with van der Waals surface area (Å²) in [5, 5.41) is 23.4. The van der Waals surface area contributed by atoms with Gasteiger partial charge in [-0.25, -0.2) is 4.79 Å². The quantitative estimate of drug-likeness (QED) is 0.443. The molecule has 6 nitrogen and oxygen atoms in total. The van der Waals surface area contributed by atoms with Gasteiger partial charge >= 0.3 is 6.09 Å². The molecular formula is C34H55NO5. The van der Waals surface area contributed by atoms with Gasteiger partial charge in [-0.3, -0.25) is 0 Å². The summed E-state index contributed by atoms with van der Waals surface area (Å²) in [6, 6.07) is 0. The Morgan fingerprint density at radius 2 is 1.65 bits per heavy atom. The normalized spacial score (nSPS) is 54.7. The lowest BCUT2D eigenvalue weighted by Gasteiger charge is -2.63. The maximum absolute atomic E-state index is 12.8. The Kier molecular flexibility index (Phi) is 6.02. The number of nitrogens with zero attached hydrogens (tertiary/aromatic N) is 1. The smallest absolute Gasteiger partial charge is 0.410 e. The van der Waals surface area contributed by atoms with Gasteiger partial charge < -0.3 is 24.6 Å². The molecule has 0 aromatic carbocycles. The van der Waals surface area contributed by atoms with Gasteiger partial charge in [0.25, 0.3) is 0 Å². The molecule has 0 aromatic rings. The Labute approximate surface area is 241 Å². The zero-order valence-electron chi connectivity index (χ0n) is 26.1. The number of likely N-dealkylation sites (tertiary alicyclic amines) is 1. The summed E-state index contributed by atoms with van der Waals surface area (Å²) in [4.78, 5) is 14.6. The number of hydrogen-bond acceptors (Lipinski definition) is 5. The fraction of sp³-hybridized carbons (Fsp3) is 0.971. The van der Waals surface area contributed by atoms with E-state index in [9.17, 15) is 15.0 Å². The molecule has 13 atom stereocenters. The molecule has 2 aliphatic heterocycles. The van der Waals surface area contributed by atoms with Crippen molar-refractivity contribution in [3.63, 3.8) is 0 Å². The van der Waals surface area contributed by atoms with E-state index in [2.05, 4.69) is 48.5 Å². The number of carbonyl (C=O) groups excluding carboxylic acids is 1. The minimum atomic E-state index is -0.509. The van der Waals surface area contributed by atoms with E-state index in [-0.39, 0.29) is 52.7 Å². The molecule has 6 heteroatoms. The summed E-state index contributed by atoms with van der Waals surface area (Å²) >= 11 is 0. The number of carbonyl (C=O) groups is 1. The van der Waals surface area contributed by atoms with Crippen molar-refractivity contribution in [2.24, 2.45) is 56.7 Å². The second-order valence-corrected chi connectivity index (χ2v) is 17.0. The SMILES string of the molecule is CC(C)C(OC(=O)N1CCC1)C1C[C@@H](C)[C@H]2C(O1)[C@H](O)[C@@]1(C)C3CCC4C(C)(C)C(O)CCC45CC35CCC21C. The molecule has 0 bridgehead atoms. The van der Waals surface area contributed by atoms with Crippen molar-refractivity contribution in [1.82, 2.24) is 4.90 Å². The summed E-state index contributed by atoms with van der Waals surface area (Å²) in [5.41, 5.74) is 0.464. The zero-order valence-corrected chi connectivity index (χ0v) is 26.1. The first kappa shape index (κ1) is 28.0. The maximum Gasteiger partial charge on any atom is 0.410 e. The predicted octanol–water partition coefficient (Wildman–Crippen LogP) is 6.03. The molecule has 226 valence electrons. The van der Waals surface area contributed by atoms with Crippen molar-refractivity contribution >= 4 is 6.09 Å². The van der Waals surface area contributed by atoms with Crippen LogP contribution in [0.3, 0.4) is 0 Å². The van der Waals surface area contributed by atoms with E-state index in [0.29, 0.717) is 34.5 Å². The first-order valence-corrected chi connectivity index (χ1v) is 16.7. The Morgan fingerprint density at radius 1 is 0.975 bits per heavy atom. The topological polar surface area (TPSA) is 79.2 Å². The molecule has 0 aromatic heterocycles. The van der Waals surface area contributed by atoms with Crippen LogP contribution in [0, 0.1) is 56.7 Å². The lowest BCUT2D eigenvalue weighted by atomic mass is 9.41. The lowest BCUT2D eigenvalue weighted by Crippen LogP contribution is -2.59. The average Bonchev–Trinajstić information content (AvgIpc) is 3.48. The molecule has 5 saturated carbocycles. The Hall–Kier alpha value is -0.850. The molecule has 2 N–H and O–H groups in total. The van der Waals surface area contributed by atoms with Crippen LogP contribution in [0.5, 0.6) is 0 Å². The van der Waals surface area contributed by atoms with Crippen molar-refractivity contribution in [3.05, 3.63) is 0 Å². The van der Waals surface area contributed by atoms with Crippen molar-refractivity contribution in [2.75, 3.05) is 13.1 Å². The van der Waals surface area contributed by atoms with E-state index in [1.165, 1.54) is 19.3 Å². The Morgan fingerprint density at radius 3 is 2.30 bits per heavy atom. The van der Waals surface area contributed by atoms with Gasteiger partial charge in [0.2, 0.25) is 0 Å². The number of amides is 1. The molecule has 5 aliphatic carbocycles. The highest BCUT2D eigenvalue weighted by molar-refractivity contribution is 5.68. The largest absolute Gasteiger partial charge is 0.443 e. The van der Waals surface area contributed by atoms with E-state index in [1.807, 2.05) is 0 Å². The number of fused-ring (bicyclic) bond motifs is 4. The minimum Gasteiger partial charge on any atom is -0.443 e. The third-order valence-electron chi connectivity index (χ3n) is 15.2. The van der Waals surface area contributed by atoms with Gasteiger partial charge in [0, 0.05) is 18.5 Å². The van der Waals surface area contributed by atoms with Crippen LogP contribution in [0.1, 0.15) is 106 Å². The molecule has 0 radical (unpaired) electrons. The number of aliphatic hydroxyl groups is 2.